The Bertz CT molecular complexity index is 603. The summed E-state index contributed by atoms with van der Waals surface area (Å²) in [5.74, 6) is 0.604. The van der Waals surface area contributed by atoms with E-state index >= 15 is 0 Å². The SMILES string of the molecule is CN(C)CC1CC(O)CN1c1nnc2ccccc2n1. The third-order valence-corrected chi connectivity index (χ3v) is 3.57. The third kappa shape index (κ3) is 2.57. The number of benzene rings is 1. The molecule has 20 heavy (non-hydrogen) atoms. The van der Waals surface area contributed by atoms with E-state index < -0.39 is 0 Å². The number of likely N-dealkylation sites (N-methyl/N-ethyl adjacent to an activating group) is 1. The first-order valence-corrected chi connectivity index (χ1v) is 6.82. The van der Waals surface area contributed by atoms with E-state index in [1.807, 2.05) is 38.4 Å². The molecular formula is C14H19N5O. The Morgan fingerprint density at radius 1 is 1.25 bits per heavy atom. The van der Waals surface area contributed by atoms with Gasteiger partial charge in [0, 0.05) is 19.1 Å². The molecule has 2 atom stereocenters. The highest BCUT2D eigenvalue weighted by atomic mass is 16.3. The number of aliphatic hydroxyl groups excluding tert-OH is 1. The van der Waals surface area contributed by atoms with Crippen molar-refractivity contribution >= 4 is 17.0 Å². The van der Waals surface area contributed by atoms with Crippen molar-refractivity contribution < 1.29 is 5.11 Å². The van der Waals surface area contributed by atoms with Crippen molar-refractivity contribution in [3.8, 4) is 0 Å². The predicted molar refractivity (Wildman–Crippen MR) is 77.6 cm³/mol. The zero-order chi connectivity index (χ0) is 14.1. The number of nitrogens with zero attached hydrogens (tertiary/aromatic N) is 5. The lowest BCUT2D eigenvalue weighted by atomic mass is 10.2. The largest absolute Gasteiger partial charge is 0.391 e. The minimum absolute atomic E-state index is 0.225. The highest BCUT2D eigenvalue weighted by Gasteiger charge is 2.33. The van der Waals surface area contributed by atoms with E-state index in [2.05, 4.69) is 25.0 Å². The molecule has 1 aromatic heterocycles. The standard InChI is InChI=1S/C14H19N5O/c1-18(2)8-10-7-11(20)9-19(10)14-15-12-5-3-4-6-13(12)16-17-14/h3-6,10-11,20H,7-9H2,1-2H3. The van der Waals surface area contributed by atoms with Gasteiger partial charge >= 0.3 is 0 Å². The second-order valence-electron chi connectivity index (χ2n) is 5.56. The van der Waals surface area contributed by atoms with Gasteiger partial charge in [0.25, 0.3) is 0 Å². The summed E-state index contributed by atoms with van der Waals surface area (Å²) in [5, 5.41) is 18.4. The van der Waals surface area contributed by atoms with Crippen LogP contribution in [0.4, 0.5) is 5.95 Å². The Morgan fingerprint density at radius 3 is 2.75 bits per heavy atom. The second-order valence-corrected chi connectivity index (χ2v) is 5.56. The molecule has 1 fully saturated rings. The molecule has 1 aliphatic heterocycles. The zero-order valence-electron chi connectivity index (χ0n) is 11.8. The molecule has 3 rings (SSSR count). The van der Waals surface area contributed by atoms with Gasteiger partial charge in [-0.3, -0.25) is 0 Å². The fourth-order valence-electron chi connectivity index (χ4n) is 2.73. The van der Waals surface area contributed by atoms with Crippen molar-refractivity contribution in [3.63, 3.8) is 0 Å². The molecule has 106 valence electrons. The number of rotatable bonds is 3. The summed E-state index contributed by atoms with van der Waals surface area (Å²) in [7, 11) is 4.06. The molecule has 1 aliphatic rings. The van der Waals surface area contributed by atoms with Crippen LogP contribution >= 0.6 is 0 Å². The summed E-state index contributed by atoms with van der Waals surface area (Å²) in [6.07, 6.45) is 0.420. The summed E-state index contributed by atoms with van der Waals surface area (Å²) < 4.78 is 0. The molecule has 1 saturated heterocycles. The minimum atomic E-state index is -0.324. The topological polar surface area (TPSA) is 65.4 Å². The number of β-amino-alcohol motifs (C(OH)–C–C–N with tert-alkyl or cyclic N) is 1. The first-order chi connectivity index (χ1) is 9.63. The fourth-order valence-corrected chi connectivity index (χ4v) is 2.73. The number of hydrogen-bond donors (Lipinski definition) is 1. The van der Waals surface area contributed by atoms with Gasteiger partial charge in [0.05, 0.1) is 11.6 Å². The Balaban J connectivity index is 1.92. The average molecular weight is 273 g/mol. The van der Waals surface area contributed by atoms with Crippen molar-refractivity contribution in [1.29, 1.82) is 0 Å². The summed E-state index contributed by atoms with van der Waals surface area (Å²) in [6.45, 7) is 1.44. The van der Waals surface area contributed by atoms with Gasteiger partial charge in [-0.15, -0.1) is 10.2 Å². The average Bonchev–Trinajstić information content (AvgIpc) is 2.78. The smallest absolute Gasteiger partial charge is 0.246 e. The minimum Gasteiger partial charge on any atom is -0.391 e. The van der Waals surface area contributed by atoms with Gasteiger partial charge in [0.15, 0.2) is 0 Å². The number of fused-ring (bicyclic) bond motifs is 1. The van der Waals surface area contributed by atoms with Crippen molar-refractivity contribution in [1.82, 2.24) is 20.1 Å². The predicted octanol–water partition coefficient (Wildman–Crippen LogP) is 0.526. The van der Waals surface area contributed by atoms with Gasteiger partial charge in [0.1, 0.15) is 5.52 Å². The van der Waals surface area contributed by atoms with Crippen LogP contribution in [0.5, 0.6) is 0 Å². The molecule has 0 aliphatic carbocycles. The van der Waals surface area contributed by atoms with Crippen molar-refractivity contribution in [3.05, 3.63) is 24.3 Å². The molecule has 1 N–H and O–H groups in total. The number of aliphatic hydroxyl groups is 1. The number of hydrogen-bond acceptors (Lipinski definition) is 6. The first-order valence-electron chi connectivity index (χ1n) is 6.82. The molecule has 2 unspecified atom stereocenters. The maximum atomic E-state index is 9.92. The van der Waals surface area contributed by atoms with Gasteiger partial charge in [0.2, 0.25) is 5.95 Å². The fraction of sp³-hybridized carbons (Fsp3) is 0.500. The zero-order valence-corrected chi connectivity index (χ0v) is 11.8. The van der Waals surface area contributed by atoms with E-state index in [0.717, 1.165) is 24.0 Å². The number of para-hydroxylation sites is 1. The van der Waals surface area contributed by atoms with Crippen LogP contribution in [0.15, 0.2) is 24.3 Å². The molecule has 2 aromatic rings. The quantitative estimate of drug-likeness (QED) is 0.880. The Morgan fingerprint density at radius 2 is 2.00 bits per heavy atom. The third-order valence-electron chi connectivity index (χ3n) is 3.57. The van der Waals surface area contributed by atoms with E-state index in [4.69, 9.17) is 0 Å². The molecule has 0 spiro atoms. The molecule has 6 heteroatoms. The highest BCUT2D eigenvalue weighted by molar-refractivity contribution is 5.74. The molecule has 6 nitrogen and oxygen atoms in total. The number of anilines is 1. The molecule has 0 saturated carbocycles. The molecule has 0 amide bonds. The first kappa shape index (κ1) is 13.2. The molecule has 1 aromatic carbocycles. The molecule has 0 radical (unpaired) electrons. The van der Waals surface area contributed by atoms with Crippen molar-refractivity contribution in [2.24, 2.45) is 0 Å². The van der Waals surface area contributed by atoms with E-state index in [0.29, 0.717) is 12.5 Å². The van der Waals surface area contributed by atoms with Gasteiger partial charge in [-0.1, -0.05) is 12.1 Å². The van der Waals surface area contributed by atoms with Gasteiger partial charge in [-0.25, -0.2) is 4.98 Å². The lowest BCUT2D eigenvalue weighted by Crippen LogP contribution is -2.38. The van der Waals surface area contributed by atoms with Crippen LogP contribution in [0.1, 0.15) is 6.42 Å². The van der Waals surface area contributed by atoms with Gasteiger partial charge < -0.3 is 14.9 Å². The Labute approximate surface area is 118 Å². The molecule has 0 bridgehead atoms. The van der Waals surface area contributed by atoms with Crippen LogP contribution in [0, 0.1) is 0 Å². The molecule has 2 heterocycles. The Kier molecular flexibility index (Phi) is 3.50. The monoisotopic (exact) mass is 273 g/mol. The normalized spacial score (nSPS) is 22.9. The lowest BCUT2D eigenvalue weighted by Gasteiger charge is -2.26. The number of aromatic nitrogens is 3. The Hall–Kier alpha value is -1.79. The van der Waals surface area contributed by atoms with Gasteiger partial charge in [-0.05, 0) is 32.6 Å². The van der Waals surface area contributed by atoms with E-state index in [1.165, 1.54) is 0 Å². The van der Waals surface area contributed by atoms with Crippen LogP contribution in [-0.2, 0) is 0 Å². The van der Waals surface area contributed by atoms with E-state index in [9.17, 15) is 5.11 Å². The van der Waals surface area contributed by atoms with Gasteiger partial charge in [-0.2, -0.15) is 0 Å². The van der Waals surface area contributed by atoms with Crippen LogP contribution in [-0.4, -0.2) is 64.5 Å². The van der Waals surface area contributed by atoms with E-state index in [-0.39, 0.29) is 12.1 Å². The maximum Gasteiger partial charge on any atom is 0.246 e. The molecular weight excluding hydrogens is 254 g/mol. The van der Waals surface area contributed by atoms with Crippen LogP contribution in [0.3, 0.4) is 0 Å². The van der Waals surface area contributed by atoms with Crippen molar-refractivity contribution in [2.45, 2.75) is 18.6 Å². The van der Waals surface area contributed by atoms with Crippen molar-refractivity contribution in [2.75, 3.05) is 32.1 Å². The van der Waals surface area contributed by atoms with Crippen LogP contribution in [0.25, 0.3) is 11.0 Å². The summed E-state index contributed by atoms with van der Waals surface area (Å²) in [6, 6.07) is 7.92. The summed E-state index contributed by atoms with van der Waals surface area (Å²) in [5.41, 5.74) is 1.63. The lowest BCUT2D eigenvalue weighted by molar-refractivity contribution is 0.191. The maximum absolute atomic E-state index is 9.92. The van der Waals surface area contributed by atoms with E-state index in [1.54, 1.807) is 0 Å². The second kappa shape index (κ2) is 5.30. The summed E-state index contributed by atoms with van der Waals surface area (Å²) in [4.78, 5) is 8.75. The van der Waals surface area contributed by atoms with Crippen LogP contribution < -0.4 is 4.90 Å². The highest BCUT2D eigenvalue weighted by Crippen LogP contribution is 2.23. The van der Waals surface area contributed by atoms with Crippen LogP contribution in [0.2, 0.25) is 0 Å². The summed E-state index contributed by atoms with van der Waals surface area (Å²) >= 11 is 0.